The molecule has 0 aliphatic rings. The maximum Gasteiger partial charge on any atom is 0.413 e. The summed E-state index contributed by atoms with van der Waals surface area (Å²) in [4.78, 5) is 39.0. The van der Waals surface area contributed by atoms with E-state index in [0.717, 1.165) is 11.3 Å². The number of hydrogen-bond donors (Lipinski definition) is 1. The first-order valence-corrected chi connectivity index (χ1v) is 7.68. The van der Waals surface area contributed by atoms with Crippen molar-refractivity contribution in [3.63, 3.8) is 0 Å². The fourth-order valence-corrected chi connectivity index (χ4v) is 2.07. The van der Waals surface area contributed by atoms with Crippen molar-refractivity contribution in [1.29, 1.82) is 0 Å². The first kappa shape index (κ1) is 18.1. The fourth-order valence-electron chi connectivity index (χ4n) is 2.07. The molecule has 0 spiro atoms. The van der Waals surface area contributed by atoms with Crippen molar-refractivity contribution in [2.75, 3.05) is 13.2 Å². The average molecular weight is 342 g/mol. The van der Waals surface area contributed by atoms with Gasteiger partial charge >= 0.3 is 12.1 Å². The van der Waals surface area contributed by atoms with Crippen LogP contribution >= 0.6 is 0 Å². The minimum absolute atomic E-state index is 0.136. The van der Waals surface area contributed by atoms with Crippen LogP contribution in [0, 0.1) is 6.92 Å². The van der Waals surface area contributed by atoms with Crippen LogP contribution in [0.4, 0.5) is 4.79 Å². The van der Waals surface area contributed by atoms with Gasteiger partial charge in [-0.05, 0) is 26.0 Å². The SMILES string of the molecule is CCOC(=O)NC(=O)COC(=O)c1ccc(-c2ccccc2)nc1C. The number of hydrogen-bond acceptors (Lipinski definition) is 6. The monoisotopic (exact) mass is 342 g/mol. The molecule has 0 unspecified atom stereocenters. The molecule has 1 heterocycles. The summed E-state index contributed by atoms with van der Waals surface area (Å²) in [5.74, 6) is -1.46. The summed E-state index contributed by atoms with van der Waals surface area (Å²) in [5, 5.41) is 1.94. The lowest BCUT2D eigenvalue weighted by molar-refractivity contribution is -0.123. The molecule has 7 nitrogen and oxygen atoms in total. The van der Waals surface area contributed by atoms with Crippen LogP contribution in [0.25, 0.3) is 11.3 Å². The van der Waals surface area contributed by atoms with Gasteiger partial charge in [0.15, 0.2) is 6.61 Å². The molecule has 0 aliphatic carbocycles. The van der Waals surface area contributed by atoms with E-state index < -0.39 is 24.6 Å². The largest absolute Gasteiger partial charge is 0.452 e. The normalized spacial score (nSPS) is 10.0. The van der Waals surface area contributed by atoms with Crippen molar-refractivity contribution in [3.8, 4) is 11.3 Å². The highest BCUT2D eigenvalue weighted by Gasteiger charge is 2.16. The summed E-state index contributed by atoms with van der Waals surface area (Å²) in [6.45, 7) is 2.84. The molecular weight excluding hydrogens is 324 g/mol. The zero-order chi connectivity index (χ0) is 18.2. The fraction of sp³-hybridized carbons (Fsp3) is 0.222. The maximum absolute atomic E-state index is 12.1. The lowest BCUT2D eigenvalue weighted by atomic mass is 10.1. The average Bonchev–Trinajstić information content (AvgIpc) is 2.60. The predicted molar refractivity (Wildman–Crippen MR) is 89.9 cm³/mol. The van der Waals surface area contributed by atoms with Gasteiger partial charge < -0.3 is 9.47 Å². The first-order valence-electron chi connectivity index (χ1n) is 7.68. The summed E-state index contributed by atoms with van der Waals surface area (Å²) in [7, 11) is 0. The Balaban J connectivity index is 1.98. The van der Waals surface area contributed by atoms with Gasteiger partial charge in [0.05, 0.1) is 23.6 Å². The van der Waals surface area contributed by atoms with Crippen LogP contribution in [0.5, 0.6) is 0 Å². The summed E-state index contributed by atoms with van der Waals surface area (Å²) in [6.07, 6.45) is -0.881. The second-order valence-corrected chi connectivity index (χ2v) is 5.04. The number of carbonyl (C=O) groups is 3. The molecule has 7 heteroatoms. The number of ether oxygens (including phenoxy) is 2. The zero-order valence-electron chi connectivity index (χ0n) is 13.9. The van der Waals surface area contributed by atoms with Crippen molar-refractivity contribution in [2.24, 2.45) is 0 Å². The highest BCUT2D eigenvalue weighted by atomic mass is 16.6. The molecule has 0 radical (unpaired) electrons. The minimum atomic E-state index is -0.881. The molecule has 1 N–H and O–H groups in total. The Kier molecular flexibility index (Phi) is 6.22. The molecule has 0 atom stereocenters. The number of nitrogens with one attached hydrogen (secondary N) is 1. The lowest BCUT2D eigenvalue weighted by Gasteiger charge is -2.08. The van der Waals surface area contributed by atoms with Gasteiger partial charge in [-0.2, -0.15) is 0 Å². The Hall–Kier alpha value is -3.22. The Morgan fingerprint density at radius 2 is 1.76 bits per heavy atom. The van der Waals surface area contributed by atoms with Crippen LogP contribution in [0.15, 0.2) is 42.5 Å². The Bertz CT molecular complexity index is 774. The third kappa shape index (κ3) is 5.13. The third-order valence-electron chi connectivity index (χ3n) is 3.23. The molecule has 2 rings (SSSR count). The van der Waals surface area contributed by atoms with Crippen molar-refractivity contribution in [1.82, 2.24) is 10.3 Å². The van der Waals surface area contributed by atoms with Gasteiger partial charge in [0, 0.05) is 5.56 Å². The van der Waals surface area contributed by atoms with Crippen LogP contribution in [0.2, 0.25) is 0 Å². The van der Waals surface area contributed by atoms with Crippen LogP contribution in [0.1, 0.15) is 23.0 Å². The molecule has 130 valence electrons. The van der Waals surface area contributed by atoms with E-state index in [2.05, 4.69) is 9.72 Å². The van der Waals surface area contributed by atoms with Crippen molar-refractivity contribution in [3.05, 3.63) is 53.7 Å². The third-order valence-corrected chi connectivity index (χ3v) is 3.23. The predicted octanol–water partition coefficient (Wildman–Crippen LogP) is 2.49. The van der Waals surface area contributed by atoms with Crippen LogP contribution in [-0.4, -0.2) is 36.2 Å². The molecule has 25 heavy (non-hydrogen) atoms. The van der Waals surface area contributed by atoms with E-state index in [1.165, 1.54) is 0 Å². The molecular formula is C18H18N2O5. The number of amides is 2. The van der Waals surface area contributed by atoms with Crippen LogP contribution < -0.4 is 5.32 Å². The number of rotatable bonds is 5. The molecule has 2 amide bonds. The van der Waals surface area contributed by atoms with E-state index >= 15 is 0 Å². The summed E-state index contributed by atoms with van der Waals surface area (Å²) < 4.78 is 9.45. The maximum atomic E-state index is 12.1. The molecule has 0 saturated carbocycles. The Morgan fingerprint density at radius 3 is 2.40 bits per heavy atom. The minimum Gasteiger partial charge on any atom is -0.452 e. The molecule has 2 aromatic rings. The van der Waals surface area contributed by atoms with E-state index in [1.807, 2.05) is 35.6 Å². The first-order chi connectivity index (χ1) is 12.0. The van der Waals surface area contributed by atoms with E-state index in [4.69, 9.17) is 4.74 Å². The molecule has 1 aromatic heterocycles. The second kappa shape index (κ2) is 8.58. The zero-order valence-corrected chi connectivity index (χ0v) is 13.9. The van der Waals surface area contributed by atoms with Crippen LogP contribution in [-0.2, 0) is 14.3 Å². The van der Waals surface area contributed by atoms with Crippen LogP contribution in [0.3, 0.4) is 0 Å². The number of aromatic nitrogens is 1. The van der Waals surface area contributed by atoms with Gasteiger partial charge in [0.1, 0.15) is 0 Å². The number of aryl methyl sites for hydroxylation is 1. The van der Waals surface area contributed by atoms with Gasteiger partial charge in [-0.15, -0.1) is 0 Å². The molecule has 0 fully saturated rings. The Labute approximate surface area is 145 Å². The molecule has 1 aromatic carbocycles. The van der Waals surface area contributed by atoms with E-state index in [1.54, 1.807) is 26.0 Å². The van der Waals surface area contributed by atoms with Gasteiger partial charge in [-0.25, -0.2) is 9.59 Å². The van der Waals surface area contributed by atoms with Crippen molar-refractivity contribution in [2.45, 2.75) is 13.8 Å². The van der Waals surface area contributed by atoms with E-state index in [9.17, 15) is 14.4 Å². The summed E-state index contributed by atoms with van der Waals surface area (Å²) in [6, 6.07) is 12.8. The summed E-state index contributed by atoms with van der Waals surface area (Å²) in [5.41, 5.74) is 2.40. The smallest absolute Gasteiger partial charge is 0.413 e. The molecule has 0 saturated heterocycles. The highest BCUT2D eigenvalue weighted by molar-refractivity contribution is 5.96. The second-order valence-electron chi connectivity index (χ2n) is 5.04. The van der Waals surface area contributed by atoms with E-state index in [0.29, 0.717) is 5.69 Å². The number of nitrogens with zero attached hydrogens (tertiary/aromatic N) is 1. The quantitative estimate of drug-likeness (QED) is 0.839. The molecule has 0 bridgehead atoms. The summed E-state index contributed by atoms with van der Waals surface area (Å²) >= 11 is 0. The van der Waals surface area contributed by atoms with Crippen molar-refractivity contribution >= 4 is 18.0 Å². The Morgan fingerprint density at radius 1 is 1.04 bits per heavy atom. The lowest BCUT2D eigenvalue weighted by Crippen LogP contribution is -2.34. The molecule has 0 aliphatic heterocycles. The standard InChI is InChI=1S/C18H18N2O5/c1-3-24-18(23)20-16(21)11-25-17(22)14-9-10-15(19-12(14)2)13-7-5-4-6-8-13/h4-10H,3,11H2,1-2H3,(H,20,21,23). The topological polar surface area (TPSA) is 94.6 Å². The van der Waals surface area contributed by atoms with E-state index in [-0.39, 0.29) is 12.2 Å². The van der Waals surface area contributed by atoms with Gasteiger partial charge in [-0.3, -0.25) is 15.1 Å². The number of imide groups is 1. The van der Waals surface area contributed by atoms with Gasteiger partial charge in [0.25, 0.3) is 5.91 Å². The number of carbonyl (C=O) groups excluding carboxylic acids is 3. The van der Waals surface area contributed by atoms with Crippen molar-refractivity contribution < 1.29 is 23.9 Å². The van der Waals surface area contributed by atoms with Gasteiger partial charge in [0.2, 0.25) is 0 Å². The number of benzene rings is 1. The number of alkyl carbamates (subject to hydrolysis) is 1. The van der Waals surface area contributed by atoms with Gasteiger partial charge in [-0.1, -0.05) is 30.3 Å². The highest BCUT2D eigenvalue weighted by Crippen LogP contribution is 2.19. The number of esters is 1. The number of pyridine rings is 1.